The van der Waals surface area contributed by atoms with Crippen molar-refractivity contribution in [3.8, 4) is 0 Å². The first-order chi connectivity index (χ1) is 12.1. The number of para-hydroxylation sites is 1. The highest BCUT2D eigenvalue weighted by molar-refractivity contribution is 6.02. The molecule has 6 nitrogen and oxygen atoms in total. The Hall–Kier alpha value is -2.63. The van der Waals surface area contributed by atoms with E-state index in [1.807, 2.05) is 28.8 Å². The smallest absolute Gasteiger partial charge is 0.316 e. The van der Waals surface area contributed by atoms with Gasteiger partial charge in [0, 0.05) is 23.0 Å². The van der Waals surface area contributed by atoms with E-state index in [-0.39, 0.29) is 37.7 Å². The van der Waals surface area contributed by atoms with E-state index in [0.29, 0.717) is 6.61 Å². The molecule has 0 N–H and O–H groups in total. The summed E-state index contributed by atoms with van der Waals surface area (Å²) in [6.07, 6.45) is 0.376. The zero-order chi connectivity index (χ0) is 18.0. The van der Waals surface area contributed by atoms with Gasteiger partial charge in [0.2, 0.25) is 0 Å². The number of esters is 2. The van der Waals surface area contributed by atoms with Gasteiger partial charge in [-0.2, -0.15) is 0 Å². The minimum absolute atomic E-state index is 0.113. The minimum atomic E-state index is -0.808. The van der Waals surface area contributed by atoms with Crippen molar-refractivity contribution in [2.24, 2.45) is 5.92 Å². The molecule has 1 aliphatic rings. The third kappa shape index (κ3) is 3.16. The van der Waals surface area contributed by atoms with Crippen LogP contribution in [-0.4, -0.2) is 35.5 Å². The molecule has 1 aliphatic heterocycles. The average molecular weight is 343 g/mol. The number of aromatic nitrogens is 1. The first kappa shape index (κ1) is 17.2. The fourth-order valence-electron chi connectivity index (χ4n) is 3.43. The molecular weight excluding hydrogens is 322 g/mol. The van der Waals surface area contributed by atoms with Gasteiger partial charge in [-0.3, -0.25) is 14.4 Å². The summed E-state index contributed by atoms with van der Waals surface area (Å²) in [5, 5.41) is 0.919. The SMILES string of the molecule is CCOC(=O)Cc1c2n(c3ccccc13)CC(=O)C(C(=O)OCC)C2. The first-order valence-corrected chi connectivity index (χ1v) is 8.50. The van der Waals surface area contributed by atoms with Gasteiger partial charge in [-0.25, -0.2) is 0 Å². The minimum Gasteiger partial charge on any atom is -0.466 e. The molecule has 0 fully saturated rings. The molecule has 2 heterocycles. The molecule has 1 atom stereocenters. The van der Waals surface area contributed by atoms with Crippen molar-refractivity contribution in [1.29, 1.82) is 0 Å². The van der Waals surface area contributed by atoms with Crippen LogP contribution in [0.5, 0.6) is 0 Å². The Balaban J connectivity index is 2.05. The fraction of sp³-hybridized carbons (Fsp3) is 0.421. The van der Waals surface area contributed by atoms with Gasteiger partial charge in [-0.1, -0.05) is 18.2 Å². The van der Waals surface area contributed by atoms with Crippen molar-refractivity contribution in [2.45, 2.75) is 33.2 Å². The lowest BCUT2D eigenvalue weighted by atomic mass is 9.92. The van der Waals surface area contributed by atoms with Crippen LogP contribution < -0.4 is 0 Å². The number of hydrogen-bond donors (Lipinski definition) is 0. The highest BCUT2D eigenvalue weighted by Gasteiger charge is 2.36. The summed E-state index contributed by atoms with van der Waals surface area (Å²) in [6.45, 7) is 4.15. The Morgan fingerprint density at radius 2 is 1.88 bits per heavy atom. The largest absolute Gasteiger partial charge is 0.466 e. The van der Waals surface area contributed by atoms with E-state index in [4.69, 9.17) is 9.47 Å². The van der Waals surface area contributed by atoms with E-state index >= 15 is 0 Å². The molecule has 0 amide bonds. The lowest BCUT2D eigenvalue weighted by Gasteiger charge is -2.23. The molecule has 3 rings (SSSR count). The Kier molecular flexibility index (Phi) is 4.88. The van der Waals surface area contributed by atoms with Gasteiger partial charge < -0.3 is 14.0 Å². The Labute approximate surface area is 145 Å². The normalized spacial score (nSPS) is 16.6. The topological polar surface area (TPSA) is 74.6 Å². The average Bonchev–Trinajstić information content (AvgIpc) is 2.88. The maximum absolute atomic E-state index is 12.4. The third-order valence-electron chi connectivity index (χ3n) is 4.49. The molecule has 1 aromatic heterocycles. The molecule has 1 unspecified atom stereocenters. The molecule has 6 heteroatoms. The lowest BCUT2D eigenvalue weighted by molar-refractivity contribution is -0.152. The maximum atomic E-state index is 12.4. The van der Waals surface area contributed by atoms with Crippen LogP contribution >= 0.6 is 0 Å². The van der Waals surface area contributed by atoms with Crippen molar-refractivity contribution in [2.75, 3.05) is 13.2 Å². The van der Waals surface area contributed by atoms with Gasteiger partial charge >= 0.3 is 11.9 Å². The van der Waals surface area contributed by atoms with Crippen LogP contribution in [-0.2, 0) is 43.2 Å². The van der Waals surface area contributed by atoms with Crippen LogP contribution in [0.15, 0.2) is 24.3 Å². The summed E-state index contributed by atoms with van der Waals surface area (Å²) in [5.41, 5.74) is 2.57. The standard InChI is InChI=1S/C19H21NO5/c1-3-24-18(22)10-13-12-7-5-6-8-15(12)20-11-17(21)14(9-16(13)20)19(23)25-4-2/h5-8,14H,3-4,9-11H2,1-2H3. The number of ether oxygens (including phenoxy) is 2. The van der Waals surface area contributed by atoms with Gasteiger partial charge in [0.15, 0.2) is 5.78 Å². The van der Waals surface area contributed by atoms with Crippen LogP contribution in [0.2, 0.25) is 0 Å². The number of fused-ring (bicyclic) bond motifs is 3. The van der Waals surface area contributed by atoms with E-state index in [1.54, 1.807) is 13.8 Å². The summed E-state index contributed by atoms with van der Waals surface area (Å²) in [4.78, 5) is 36.6. The predicted octanol–water partition coefficient (Wildman–Crippen LogP) is 2.05. The second-order valence-corrected chi connectivity index (χ2v) is 5.99. The van der Waals surface area contributed by atoms with E-state index in [9.17, 15) is 14.4 Å². The highest BCUT2D eigenvalue weighted by atomic mass is 16.5. The van der Waals surface area contributed by atoms with Gasteiger partial charge in [0.1, 0.15) is 5.92 Å². The zero-order valence-corrected chi connectivity index (χ0v) is 14.4. The van der Waals surface area contributed by atoms with Crippen molar-refractivity contribution in [1.82, 2.24) is 4.57 Å². The predicted molar refractivity (Wildman–Crippen MR) is 91.1 cm³/mol. The van der Waals surface area contributed by atoms with Crippen molar-refractivity contribution >= 4 is 28.6 Å². The molecule has 25 heavy (non-hydrogen) atoms. The number of benzene rings is 1. The van der Waals surface area contributed by atoms with E-state index < -0.39 is 11.9 Å². The summed E-state index contributed by atoms with van der Waals surface area (Å²) < 4.78 is 12.0. The van der Waals surface area contributed by atoms with Crippen LogP contribution in [0.1, 0.15) is 25.1 Å². The highest BCUT2D eigenvalue weighted by Crippen LogP contribution is 2.32. The molecule has 132 valence electrons. The van der Waals surface area contributed by atoms with Crippen LogP contribution in [0.4, 0.5) is 0 Å². The second-order valence-electron chi connectivity index (χ2n) is 5.99. The molecule has 0 saturated carbocycles. The Morgan fingerprint density at radius 1 is 1.16 bits per heavy atom. The molecule has 2 aromatic rings. The van der Waals surface area contributed by atoms with E-state index in [0.717, 1.165) is 22.2 Å². The lowest BCUT2D eigenvalue weighted by Crippen LogP contribution is -2.36. The van der Waals surface area contributed by atoms with Crippen LogP contribution in [0.3, 0.4) is 0 Å². The summed E-state index contributed by atoms with van der Waals surface area (Å²) in [6, 6.07) is 7.64. The molecule has 0 saturated heterocycles. The molecule has 1 aromatic carbocycles. The number of rotatable bonds is 5. The number of hydrogen-bond acceptors (Lipinski definition) is 5. The first-order valence-electron chi connectivity index (χ1n) is 8.50. The molecule has 0 bridgehead atoms. The second kappa shape index (κ2) is 7.09. The number of Topliss-reactive ketones (excluding diaryl/α,β-unsaturated/α-hetero) is 1. The molecule has 0 spiro atoms. The number of carbonyl (C=O) groups is 3. The van der Waals surface area contributed by atoms with Crippen molar-refractivity contribution < 1.29 is 23.9 Å². The number of carbonyl (C=O) groups excluding carboxylic acids is 3. The van der Waals surface area contributed by atoms with Crippen LogP contribution in [0, 0.1) is 5.92 Å². The number of nitrogens with zero attached hydrogens (tertiary/aromatic N) is 1. The monoisotopic (exact) mass is 343 g/mol. The summed E-state index contributed by atoms with van der Waals surface area (Å²) in [5.74, 6) is -1.77. The fourth-order valence-corrected chi connectivity index (χ4v) is 3.43. The third-order valence-corrected chi connectivity index (χ3v) is 4.49. The van der Waals surface area contributed by atoms with Gasteiger partial charge in [-0.15, -0.1) is 0 Å². The van der Waals surface area contributed by atoms with Gasteiger partial charge in [-0.05, 0) is 25.5 Å². The van der Waals surface area contributed by atoms with Crippen molar-refractivity contribution in [3.63, 3.8) is 0 Å². The summed E-state index contributed by atoms with van der Waals surface area (Å²) >= 11 is 0. The zero-order valence-electron chi connectivity index (χ0n) is 14.4. The molecule has 0 radical (unpaired) electrons. The maximum Gasteiger partial charge on any atom is 0.316 e. The van der Waals surface area contributed by atoms with Crippen LogP contribution in [0.25, 0.3) is 10.9 Å². The number of ketones is 1. The van der Waals surface area contributed by atoms with E-state index in [2.05, 4.69) is 0 Å². The van der Waals surface area contributed by atoms with Crippen molar-refractivity contribution in [3.05, 3.63) is 35.5 Å². The van der Waals surface area contributed by atoms with Gasteiger partial charge in [0.05, 0.1) is 26.2 Å². The Morgan fingerprint density at radius 3 is 2.60 bits per heavy atom. The summed E-state index contributed by atoms with van der Waals surface area (Å²) in [7, 11) is 0. The van der Waals surface area contributed by atoms with E-state index in [1.165, 1.54) is 0 Å². The van der Waals surface area contributed by atoms with Gasteiger partial charge in [0.25, 0.3) is 0 Å². The quantitative estimate of drug-likeness (QED) is 0.613. The molecular formula is C19H21NO5. The molecule has 0 aliphatic carbocycles. The Bertz CT molecular complexity index is 836.